The second kappa shape index (κ2) is 4.10. The lowest BCUT2D eigenvalue weighted by Crippen LogP contribution is -1.95. The molecular formula is C12H12N2O2. The Hall–Kier alpha value is -2.23. The molecule has 0 aliphatic carbocycles. The second-order valence-electron chi connectivity index (χ2n) is 3.55. The number of hydrogen-bond acceptors (Lipinski definition) is 2. The predicted octanol–water partition coefficient (Wildman–Crippen LogP) is 2.76. The summed E-state index contributed by atoms with van der Waals surface area (Å²) in [5, 5.41) is 11.9. The number of nitrogens with one attached hydrogen (secondary N) is 2. The zero-order chi connectivity index (χ0) is 11.5. The summed E-state index contributed by atoms with van der Waals surface area (Å²) in [6.07, 6.45) is 1.63. The van der Waals surface area contributed by atoms with E-state index < -0.39 is 5.97 Å². The first-order chi connectivity index (χ1) is 7.66. The maximum atomic E-state index is 10.7. The third kappa shape index (κ3) is 2.06. The minimum Gasteiger partial charge on any atom is -0.477 e. The smallest absolute Gasteiger partial charge is 0.352 e. The van der Waals surface area contributed by atoms with E-state index in [0.29, 0.717) is 0 Å². The molecule has 1 heterocycles. The summed E-state index contributed by atoms with van der Waals surface area (Å²) in [5.74, 6) is -0.960. The van der Waals surface area contributed by atoms with E-state index in [4.69, 9.17) is 5.11 Å². The average Bonchev–Trinajstić information content (AvgIpc) is 2.70. The molecule has 4 nitrogen and oxygen atoms in total. The lowest BCUT2D eigenvalue weighted by molar-refractivity contribution is 0.0691. The van der Waals surface area contributed by atoms with Gasteiger partial charge in [-0.15, -0.1) is 0 Å². The van der Waals surface area contributed by atoms with Crippen LogP contribution < -0.4 is 5.32 Å². The van der Waals surface area contributed by atoms with Crippen LogP contribution in [0.2, 0.25) is 0 Å². The van der Waals surface area contributed by atoms with Crippen molar-refractivity contribution in [2.45, 2.75) is 6.92 Å². The van der Waals surface area contributed by atoms with Gasteiger partial charge in [0.25, 0.3) is 0 Å². The molecule has 0 aliphatic heterocycles. The molecule has 1 aromatic heterocycles. The summed E-state index contributed by atoms with van der Waals surface area (Å²) in [4.78, 5) is 13.4. The van der Waals surface area contributed by atoms with E-state index in [2.05, 4.69) is 10.3 Å². The van der Waals surface area contributed by atoms with Gasteiger partial charge in [0, 0.05) is 11.9 Å². The lowest BCUT2D eigenvalue weighted by Gasteiger charge is -2.06. The Labute approximate surface area is 92.9 Å². The van der Waals surface area contributed by atoms with Crippen LogP contribution in [0.15, 0.2) is 36.5 Å². The molecule has 0 fully saturated rings. The standard InChI is InChI=1S/C12H12N2O2/c1-8-4-2-3-5-10(8)14-9-6-11(12(15)16)13-7-9/h2-7,13-14H,1H3,(H,15,16). The lowest BCUT2D eigenvalue weighted by atomic mass is 10.2. The fraction of sp³-hybridized carbons (Fsp3) is 0.0833. The van der Waals surface area contributed by atoms with Crippen LogP contribution in [0.5, 0.6) is 0 Å². The van der Waals surface area contributed by atoms with Gasteiger partial charge in [-0.2, -0.15) is 0 Å². The first kappa shape index (κ1) is 10.3. The molecule has 0 saturated heterocycles. The Morgan fingerprint density at radius 3 is 2.75 bits per heavy atom. The average molecular weight is 216 g/mol. The van der Waals surface area contributed by atoms with Crippen molar-refractivity contribution >= 4 is 17.3 Å². The number of carboxylic acid groups (broad SMARTS) is 1. The molecule has 0 bridgehead atoms. The van der Waals surface area contributed by atoms with Crippen molar-refractivity contribution in [3.05, 3.63) is 47.8 Å². The van der Waals surface area contributed by atoms with Gasteiger partial charge in [-0.3, -0.25) is 0 Å². The molecule has 82 valence electrons. The second-order valence-corrected chi connectivity index (χ2v) is 3.55. The molecule has 0 atom stereocenters. The van der Waals surface area contributed by atoms with E-state index >= 15 is 0 Å². The summed E-state index contributed by atoms with van der Waals surface area (Å²) in [6, 6.07) is 9.39. The normalized spacial score (nSPS) is 10.1. The highest BCUT2D eigenvalue weighted by atomic mass is 16.4. The van der Waals surface area contributed by atoms with E-state index in [1.165, 1.54) is 0 Å². The third-order valence-electron chi connectivity index (χ3n) is 2.34. The van der Waals surface area contributed by atoms with Crippen LogP contribution in [0.3, 0.4) is 0 Å². The van der Waals surface area contributed by atoms with E-state index in [1.54, 1.807) is 12.3 Å². The van der Waals surface area contributed by atoms with Crippen LogP contribution in [-0.2, 0) is 0 Å². The van der Waals surface area contributed by atoms with Gasteiger partial charge in [-0.25, -0.2) is 4.79 Å². The highest BCUT2D eigenvalue weighted by Gasteiger charge is 2.06. The molecule has 0 unspecified atom stereocenters. The molecule has 0 spiro atoms. The van der Waals surface area contributed by atoms with Crippen molar-refractivity contribution in [2.75, 3.05) is 5.32 Å². The van der Waals surface area contributed by atoms with E-state index in [-0.39, 0.29) is 5.69 Å². The molecule has 1 aromatic carbocycles. The summed E-state index contributed by atoms with van der Waals surface area (Å²) in [5.41, 5.74) is 3.00. The minimum absolute atomic E-state index is 0.177. The first-order valence-electron chi connectivity index (χ1n) is 4.91. The number of aromatic nitrogens is 1. The minimum atomic E-state index is -0.960. The monoisotopic (exact) mass is 216 g/mol. The number of aryl methyl sites for hydroxylation is 1. The quantitative estimate of drug-likeness (QED) is 0.739. The Kier molecular flexibility index (Phi) is 2.64. The van der Waals surface area contributed by atoms with Gasteiger partial charge in [-0.05, 0) is 24.6 Å². The molecule has 0 amide bonds. The van der Waals surface area contributed by atoms with Crippen molar-refractivity contribution in [3.8, 4) is 0 Å². The predicted molar refractivity (Wildman–Crippen MR) is 62.2 cm³/mol. The van der Waals surface area contributed by atoms with Crippen LogP contribution in [0.25, 0.3) is 0 Å². The topological polar surface area (TPSA) is 65.1 Å². The summed E-state index contributed by atoms with van der Waals surface area (Å²) in [6.45, 7) is 1.99. The van der Waals surface area contributed by atoms with Gasteiger partial charge in [0.15, 0.2) is 0 Å². The summed E-state index contributed by atoms with van der Waals surface area (Å²) < 4.78 is 0. The maximum absolute atomic E-state index is 10.7. The van der Waals surface area contributed by atoms with Crippen molar-refractivity contribution in [2.24, 2.45) is 0 Å². The largest absolute Gasteiger partial charge is 0.477 e. The van der Waals surface area contributed by atoms with Crippen molar-refractivity contribution in [1.29, 1.82) is 0 Å². The van der Waals surface area contributed by atoms with Gasteiger partial charge >= 0.3 is 5.97 Å². The Balaban J connectivity index is 2.21. The molecule has 16 heavy (non-hydrogen) atoms. The molecule has 0 radical (unpaired) electrons. The number of aromatic carboxylic acids is 1. The van der Waals surface area contributed by atoms with Gasteiger partial charge in [0.05, 0.1) is 5.69 Å². The Morgan fingerprint density at radius 1 is 1.38 bits per heavy atom. The van der Waals surface area contributed by atoms with Gasteiger partial charge in [0.1, 0.15) is 5.69 Å². The summed E-state index contributed by atoms with van der Waals surface area (Å²) >= 11 is 0. The number of hydrogen-bond donors (Lipinski definition) is 3. The fourth-order valence-electron chi connectivity index (χ4n) is 1.46. The number of benzene rings is 1. The maximum Gasteiger partial charge on any atom is 0.352 e. The molecule has 0 saturated carbocycles. The number of rotatable bonds is 3. The van der Waals surface area contributed by atoms with Crippen LogP contribution in [-0.4, -0.2) is 16.1 Å². The molecule has 2 rings (SSSR count). The zero-order valence-electron chi connectivity index (χ0n) is 8.82. The van der Waals surface area contributed by atoms with Gasteiger partial charge in [-0.1, -0.05) is 18.2 Å². The number of anilines is 2. The van der Waals surface area contributed by atoms with Crippen molar-refractivity contribution < 1.29 is 9.90 Å². The molecule has 0 aliphatic rings. The zero-order valence-corrected chi connectivity index (χ0v) is 8.82. The summed E-state index contributed by atoms with van der Waals surface area (Å²) in [7, 11) is 0. The third-order valence-corrected chi connectivity index (χ3v) is 2.34. The number of para-hydroxylation sites is 1. The fourth-order valence-corrected chi connectivity index (χ4v) is 1.46. The van der Waals surface area contributed by atoms with Crippen LogP contribution in [0.4, 0.5) is 11.4 Å². The van der Waals surface area contributed by atoms with E-state index in [1.807, 2.05) is 31.2 Å². The molecule has 4 heteroatoms. The van der Waals surface area contributed by atoms with Gasteiger partial charge in [0.2, 0.25) is 0 Å². The molecule has 3 N–H and O–H groups in total. The van der Waals surface area contributed by atoms with Crippen LogP contribution >= 0.6 is 0 Å². The number of carbonyl (C=O) groups is 1. The number of aromatic amines is 1. The van der Waals surface area contributed by atoms with Crippen LogP contribution in [0, 0.1) is 6.92 Å². The Bertz CT molecular complexity index is 517. The highest BCUT2D eigenvalue weighted by Crippen LogP contribution is 2.20. The van der Waals surface area contributed by atoms with Crippen molar-refractivity contribution in [3.63, 3.8) is 0 Å². The Morgan fingerprint density at radius 2 is 2.12 bits per heavy atom. The molecule has 2 aromatic rings. The van der Waals surface area contributed by atoms with Crippen LogP contribution in [0.1, 0.15) is 16.1 Å². The first-order valence-corrected chi connectivity index (χ1v) is 4.91. The SMILES string of the molecule is Cc1ccccc1Nc1c[nH]c(C(=O)O)c1. The number of carboxylic acids is 1. The van der Waals surface area contributed by atoms with Crippen molar-refractivity contribution in [1.82, 2.24) is 4.98 Å². The number of H-pyrrole nitrogens is 1. The van der Waals surface area contributed by atoms with E-state index in [9.17, 15) is 4.79 Å². The van der Waals surface area contributed by atoms with Gasteiger partial charge < -0.3 is 15.4 Å². The molecular weight excluding hydrogens is 204 g/mol. The van der Waals surface area contributed by atoms with E-state index in [0.717, 1.165) is 16.9 Å². The highest BCUT2D eigenvalue weighted by molar-refractivity contribution is 5.87.